The first kappa shape index (κ1) is 18.7. The lowest BCUT2D eigenvalue weighted by Gasteiger charge is -2.17. The predicted octanol–water partition coefficient (Wildman–Crippen LogP) is 0.579. The first-order chi connectivity index (χ1) is 12.2. The molecule has 0 aliphatic carbocycles. The fraction of sp³-hybridized carbons (Fsp3) is 0.125. The van der Waals surface area contributed by atoms with Gasteiger partial charge in [0.05, 0.1) is 0 Å². The van der Waals surface area contributed by atoms with Crippen LogP contribution in [-0.4, -0.2) is 16.8 Å². The normalized spacial score (nSPS) is 12.7. The molecule has 3 rings (SSSR count). The second-order valence-electron chi connectivity index (χ2n) is 5.78. The summed E-state index contributed by atoms with van der Waals surface area (Å²) in [6, 6.07) is 14.7. The van der Waals surface area contributed by atoms with E-state index in [0.717, 1.165) is 32.7 Å². The van der Waals surface area contributed by atoms with Crippen LogP contribution in [-0.2, 0) is 33.5 Å². The van der Waals surface area contributed by atoms with Crippen molar-refractivity contribution in [2.75, 3.05) is 0 Å². The molecule has 0 fully saturated rings. The molecule has 0 aliphatic heterocycles. The molecular weight excluding hydrogens is 376 g/mol. The van der Waals surface area contributed by atoms with Gasteiger partial charge in [-0.1, -0.05) is 48.5 Å². The van der Waals surface area contributed by atoms with E-state index in [-0.39, 0.29) is 13.1 Å². The van der Waals surface area contributed by atoms with Crippen LogP contribution in [0.4, 0.5) is 0 Å². The van der Waals surface area contributed by atoms with Gasteiger partial charge in [-0.3, -0.25) is 0 Å². The zero-order valence-corrected chi connectivity index (χ0v) is 15.3. The molecular formula is C16H18N4O4S2. The van der Waals surface area contributed by atoms with Crippen molar-refractivity contribution in [3.8, 4) is 0 Å². The third-order valence-corrected chi connectivity index (χ3v) is 5.15. The zero-order valence-electron chi connectivity index (χ0n) is 13.6. The maximum absolute atomic E-state index is 11.3. The van der Waals surface area contributed by atoms with Gasteiger partial charge in [-0.05, 0) is 32.7 Å². The van der Waals surface area contributed by atoms with Crippen LogP contribution in [0.1, 0.15) is 11.1 Å². The van der Waals surface area contributed by atoms with E-state index >= 15 is 0 Å². The summed E-state index contributed by atoms with van der Waals surface area (Å²) in [5, 5.41) is 13.3. The van der Waals surface area contributed by atoms with E-state index in [2.05, 4.69) is 9.44 Å². The summed E-state index contributed by atoms with van der Waals surface area (Å²) in [5.74, 6) is 0. The molecule has 138 valence electrons. The molecule has 3 aromatic rings. The smallest absolute Gasteiger partial charge is 0.216 e. The van der Waals surface area contributed by atoms with Crippen molar-refractivity contribution in [2.24, 2.45) is 10.3 Å². The summed E-state index contributed by atoms with van der Waals surface area (Å²) < 4.78 is 50.0. The standard InChI is InChI=1S/C16H18N4O4S2/c17-25(21,22)19-9-15-11-5-1-2-6-12(11)16(10-20-26(18,23)24)14-8-4-3-7-13(14)15/h1-8,19-20H,9-10H2,(H2,17,21,22)(H2,18,23,24). The van der Waals surface area contributed by atoms with Gasteiger partial charge >= 0.3 is 0 Å². The third-order valence-electron chi connectivity index (χ3n) is 4.05. The van der Waals surface area contributed by atoms with Crippen molar-refractivity contribution in [1.29, 1.82) is 0 Å². The summed E-state index contributed by atoms with van der Waals surface area (Å²) in [6.45, 7) is 0.0332. The summed E-state index contributed by atoms with van der Waals surface area (Å²) in [6.07, 6.45) is 0. The van der Waals surface area contributed by atoms with Crippen LogP contribution in [0.2, 0.25) is 0 Å². The number of fused-ring (bicyclic) bond motifs is 2. The highest BCUT2D eigenvalue weighted by Gasteiger charge is 2.15. The van der Waals surface area contributed by atoms with Gasteiger partial charge in [-0.15, -0.1) is 0 Å². The molecule has 10 heteroatoms. The lowest BCUT2D eigenvalue weighted by molar-refractivity contribution is 0.581. The average molecular weight is 394 g/mol. The molecule has 0 aromatic heterocycles. The van der Waals surface area contributed by atoms with Crippen LogP contribution < -0.4 is 19.7 Å². The van der Waals surface area contributed by atoms with Crippen LogP contribution in [0.5, 0.6) is 0 Å². The molecule has 0 bridgehead atoms. The summed E-state index contributed by atoms with van der Waals surface area (Å²) in [4.78, 5) is 0. The number of nitrogens with two attached hydrogens (primary N) is 2. The predicted molar refractivity (Wildman–Crippen MR) is 101 cm³/mol. The third kappa shape index (κ3) is 4.18. The molecule has 26 heavy (non-hydrogen) atoms. The van der Waals surface area contributed by atoms with Gasteiger partial charge in [0, 0.05) is 13.1 Å². The fourth-order valence-corrected chi connectivity index (χ4v) is 3.73. The Kier molecular flexibility index (Phi) is 4.97. The minimum Gasteiger partial charge on any atom is -0.216 e. The highest BCUT2D eigenvalue weighted by atomic mass is 32.2. The van der Waals surface area contributed by atoms with Crippen LogP contribution in [0.25, 0.3) is 21.5 Å². The summed E-state index contributed by atoms with van der Waals surface area (Å²) in [7, 11) is -7.71. The van der Waals surface area contributed by atoms with Crippen molar-refractivity contribution < 1.29 is 16.8 Å². The van der Waals surface area contributed by atoms with Gasteiger partial charge in [0.1, 0.15) is 0 Å². The lowest BCUT2D eigenvalue weighted by Crippen LogP contribution is -2.31. The maximum atomic E-state index is 11.3. The molecule has 0 saturated heterocycles. The minimum atomic E-state index is -3.86. The van der Waals surface area contributed by atoms with Crippen LogP contribution in [0, 0.1) is 0 Å². The Hall–Kier alpha value is -2.08. The monoisotopic (exact) mass is 394 g/mol. The molecule has 0 atom stereocenters. The number of hydrogen-bond donors (Lipinski definition) is 4. The van der Waals surface area contributed by atoms with Crippen molar-refractivity contribution in [1.82, 2.24) is 9.44 Å². The molecule has 0 heterocycles. The quantitative estimate of drug-likeness (QED) is 0.453. The highest BCUT2D eigenvalue weighted by Crippen LogP contribution is 2.33. The first-order valence-corrected chi connectivity index (χ1v) is 10.7. The molecule has 0 unspecified atom stereocenters. The number of rotatable bonds is 6. The van der Waals surface area contributed by atoms with Gasteiger partial charge in [-0.25, -0.2) is 10.3 Å². The molecule has 0 radical (unpaired) electrons. The van der Waals surface area contributed by atoms with E-state index in [1.807, 2.05) is 48.5 Å². The average Bonchev–Trinajstić information content (AvgIpc) is 2.56. The van der Waals surface area contributed by atoms with Gasteiger partial charge in [0.25, 0.3) is 20.4 Å². The Morgan fingerprint density at radius 1 is 0.615 bits per heavy atom. The van der Waals surface area contributed by atoms with E-state index in [0.29, 0.717) is 0 Å². The summed E-state index contributed by atoms with van der Waals surface area (Å²) >= 11 is 0. The van der Waals surface area contributed by atoms with Gasteiger partial charge in [0.15, 0.2) is 0 Å². The molecule has 8 nitrogen and oxygen atoms in total. The van der Waals surface area contributed by atoms with E-state index in [9.17, 15) is 16.8 Å². The number of nitrogens with one attached hydrogen (secondary N) is 2. The molecule has 0 spiro atoms. The lowest BCUT2D eigenvalue weighted by atomic mass is 9.92. The topological polar surface area (TPSA) is 144 Å². The van der Waals surface area contributed by atoms with E-state index in [1.54, 1.807) is 0 Å². The van der Waals surface area contributed by atoms with Crippen LogP contribution >= 0.6 is 0 Å². The largest absolute Gasteiger partial charge is 0.274 e. The second kappa shape index (κ2) is 6.91. The number of hydrogen-bond acceptors (Lipinski definition) is 4. The Morgan fingerprint density at radius 3 is 1.12 bits per heavy atom. The zero-order chi connectivity index (χ0) is 18.9. The second-order valence-corrected chi connectivity index (χ2v) is 8.54. The Bertz CT molecular complexity index is 1040. The summed E-state index contributed by atoms with van der Waals surface area (Å²) in [5.41, 5.74) is 1.51. The van der Waals surface area contributed by atoms with E-state index in [1.165, 1.54) is 0 Å². The fourth-order valence-electron chi connectivity index (χ4n) is 3.04. The molecule has 0 aliphatic rings. The molecule has 0 saturated carbocycles. The van der Waals surface area contributed by atoms with Crippen molar-refractivity contribution >= 4 is 42.0 Å². The van der Waals surface area contributed by atoms with Gasteiger partial charge in [-0.2, -0.15) is 26.3 Å². The van der Waals surface area contributed by atoms with Crippen LogP contribution in [0.3, 0.4) is 0 Å². The first-order valence-electron chi connectivity index (χ1n) is 7.62. The number of benzene rings is 3. The molecule has 3 aromatic carbocycles. The minimum absolute atomic E-state index is 0.0166. The highest BCUT2D eigenvalue weighted by molar-refractivity contribution is 7.87. The van der Waals surface area contributed by atoms with Gasteiger partial charge in [0.2, 0.25) is 0 Å². The Balaban J connectivity index is 2.28. The van der Waals surface area contributed by atoms with E-state index < -0.39 is 20.4 Å². The SMILES string of the molecule is NS(=O)(=O)NCc1c2ccccc2c(CNS(N)(=O)=O)c2ccccc12. The van der Waals surface area contributed by atoms with Crippen molar-refractivity contribution in [2.45, 2.75) is 13.1 Å². The van der Waals surface area contributed by atoms with Crippen molar-refractivity contribution in [3.63, 3.8) is 0 Å². The molecule has 6 N–H and O–H groups in total. The van der Waals surface area contributed by atoms with Crippen LogP contribution in [0.15, 0.2) is 48.5 Å². The van der Waals surface area contributed by atoms with Gasteiger partial charge < -0.3 is 0 Å². The Labute approximate surface area is 151 Å². The van der Waals surface area contributed by atoms with Crippen molar-refractivity contribution in [3.05, 3.63) is 59.7 Å². The van der Waals surface area contributed by atoms with E-state index in [4.69, 9.17) is 10.3 Å². The maximum Gasteiger partial charge on any atom is 0.274 e. The molecule has 0 amide bonds. The Morgan fingerprint density at radius 2 is 0.885 bits per heavy atom.